The molecule has 28 heavy (non-hydrogen) atoms. The van der Waals surface area contributed by atoms with Gasteiger partial charge in [0.25, 0.3) is 10.0 Å². The quantitative estimate of drug-likeness (QED) is 0.568. The maximum Gasteiger partial charge on any atom is 0.263 e. The molecule has 1 atom stereocenters. The van der Waals surface area contributed by atoms with Crippen LogP contribution in [0.5, 0.6) is 0 Å². The summed E-state index contributed by atoms with van der Waals surface area (Å²) in [6.07, 6.45) is 3.15. The number of anilines is 2. The van der Waals surface area contributed by atoms with E-state index in [0.717, 1.165) is 18.4 Å². The summed E-state index contributed by atoms with van der Waals surface area (Å²) in [7, 11) is -3.71. The number of aromatic nitrogens is 1. The predicted molar refractivity (Wildman–Crippen MR) is 112 cm³/mol. The van der Waals surface area contributed by atoms with Crippen molar-refractivity contribution in [2.24, 2.45) is 0 Å². The number of sulfonamides is 1. The summed E-state index contributed by atoms with van der Waals surface area (Å²) in [6.45, 7) is 2.04. The van der Waals surface area contributed by atoms with Crippen LogP contribution in [-0.4, -0.2) is 19.3 Å². The second-order valence-electron chi connectivity index (χ2n) is 6.21. The highest BCUT2D eigenvalue weighted by Gasteiger charge is 2.20. The molecule has 0 saturated heterocycles. The summed E-state index contributed by atoms with van der Waals surface area (Å²) in [5, 5.41) is 4.88. The maximum absolute atomic E-state index is 12.7. The molecule has 0 fully saturated rings. The summed E-state index contributed by atoms with van der Waals surface area (Å²) in [4.78, 5) is 16.8. The van der Waals surface area contributed by atoms with Gasteiger partial charge in [-0.05, 0) is 36.2 Å². The molecule has 146 valence electrons. The molecule has 1 aromatic heterocycles. The molecular formula is C20H21N3O3S2. The third-order valence-corrected chi connectivity index (χ3v) is 6.35. The Balaban J connectivity index is 1.71. The summed E-state index contributed by atoms with van der Waals surface area (Å²) >= 11 is 1.20. The molecule has 2 N–H and O–H groups in total. The fourth-order valence-corrected chi connectivity index (χ4v) is 4.61. The first-order chi connectivity index (χ1) is 13.5. The summed E-state index contributed by atoms with van der Waals surface area (Å²) < 4.78 is 27.2. The Labute approximate surface area is 168 Å². The van der Waals surface area contributed by atoms with E-state index in [0.29, 0.717) is 10.8 Å². The van der Waals surface area contributed by atoms with E-state index in [2.05, 4.69) is 15.0 Å². The number of nitrogens with one attached hydrogen (secondary N) is 2. The minimum atomic E-state index is -3.71. The van der Waals surface area contributed by atoms with E-state index in [1.165, 1.54) is 29.7 Å². The Hall–Kier alpha value is -2.71. The number of hydrogen-bond donors (Lipinski definition) is 2. The lowest BCUT2D eigenvalue weighted by Crippen LogP contribution is -2.21. The molecule has 0 unspecified atom stereocenters. The molecule has 1 heterocycles. The average Bonchev–Trinajstić information content (AvgIpc) is 3.19. The van der Waals surface area contributed by atoms with E-state index in [1.54, 1.807) is 17.5 Å². The second-order valence-corrected chi connectivity index (χ2v) is 8.79. The van der Waals surface area contributed by atoms with Crippen LogP contribution in [0, 0.1) is 0 Å². The summed E-state index contributed by atoms with van der Waals surface area (Å²) in [6, 6.07) is 15.7. The highest BCUT2D eigenvalue weighted by molar-refractivity contribution is 7.93. The molecule has 0 aliphatic carbocycles. The minimum absolute atomic E-state index is 0.105. The molecule has 3 aromatic rings. The molecule has 0 spiro atoms. The number of nitrogens with zero attached hydrogens (tertiary/aromatic N) is 1. The normalized spacial score (nSPS) is 12.3. The lowest BCUT2D eigenvalue weighted by Gasteiger charge is -2.17. The monoisotopic (exact) mass is 415 g/mol. The van der Waals surface area contributed by atoms with Gasteiger partial charge in [-0.2, -0.15) is 0 Å². The summed E-state index contributed by atoms with van der Waals surface area (Å²) in [5.74, 6) is -0.356. The number of rotatable bonds is 8. The zero-order chi connectivity index (χ0) is 20.0. The molecule has 3 rings (SSSR count). The van der Waals surface area contributed by atoms with Crippen LogP contribution in [0.3, 0.4) is 0 Å². The van der Waals surface area contributed by atoms with Gasteiger partial charge in [-0.1, -0.05) is 43.7 Å². The Bertz CT molecular complexity index is 1000. The van der Waals surface area contributed by atoms with Crippen LogP contribution in [0.1, 0.15) is 31.2 Å². The molecule has 2 aromatic carbocycles. The van der Waals surface area contributed by atoms with Crippen molar-refractivity contribution in [1.29, 1.82) is 0 Å². The highest BCUT2D eigenvalue weighted by atomic mass is 32.2. The molecule has 8 heteroatoms. The Morgan fingerprint density at radius 3 is 2.43 bits per heavy atom. The van der Waals surface area contributed by atoms with Crippen molar-refractivity contribution in [3.8, 4) is 0 Å². The van der Waals surface area contributed by atoms with E-state index in [-0.39, 0.29) is 16.7 Å². The largest absolute Gasteiger partial charge is 0.326 e. The molecule has 0 saturated carbocycles. The smallest absolute Gasteiger partial charge is 0.263 e. The molecule has 0 bridgehead atoms. The van der Waals surface area contributed by atoms with E-state index in [1.807, 2.05) is 37.3 Å². The first kappa shape index (κ1) is 20.0. The van der Waals surface area contributed by atoms with Crippen LogP contribution in [0.15, 0.2) is 71.1 Å². The number of amides is 1. The molecule has 0 radical (unpaired) electrons. The first-order valence-electron chi connectivity index (χ1n) is 8.88. The number of carbonyl (C=O) groups excluding carboxylic acids is 1. The van der Waals surface area contributed by atoms with Gasteiger partial charge in [0, 0.05) is 17.3 Å². The van der Waals surface area contributed by atoms with Gasteiger partial charge < -0.3 is 5.32 Å². The standard InChI is InChI=1S/C20H21N3O3S2/c1-2-6-18(15-7-4-3-5-8-15)19(24)22-16-9-11-17(12-10-16)28(25,26)23-20-21-13-14-27-20/h3-5,7-14,18H,2,6H2,1H3,(H,21,23)(H,22,24)/t18-/m0/s1. The van der Waals surface area contributed by atoms with E-state index < -0.39 is 10.0 Å². The van der Waals surface area contributed by atoms with Crippen LogP contribution in [0.25, 0.3) is 0 Å². The van der Waals surface area contributed by atoms with Crippen LogP contribution in [-0.2, 0) is 14.8 Å². The molecular weight excluding hydrogens is 394 g/mol. The number of carbonyl (C=O) groups is 1. The van der Waals surface area contributed by atoms with Crippen molar-refractivity contribution in [3.05, 3.63) is 71.7 Å². The van der Waals surface area contributed by atoms with Crippen molar-refractivity contribution >= 4 is 38.1 Å². The third kappa shape index (κ3) is 4.96. The van der Waals surface area contributed by atoms with Gasteiger partial charge in [0.1, 0.15) is 0 Å². The van der Waals surface area contributed by atoms with Gasteiger partial charge >= 0.3 is 0 Å². The van der Waals surface area contributed by atoms with E-state index >= 15 is 0 Å². The summed E-state index contributed by atoms with van der Waals surface area (Å²) in [5.41, 5.74) is 1.52. The van der Waals surface area contributed by atoms with Crippen molar-refractivity contribution < 1.29 is 13.2 Å². The lowest BCUT2D eigenvalue weighted by atomic mass is 9.93. The minimum Gasteiger partial charge on any atom is -0.326 e. The number of hydrogen-bond acceptors (Lipinski definition) is 5. The van der Waals surface area contributed by atoms with Gasteiger partial charge in [-0.3, -0.25) is 9.52 Å². The van der Waals surface area contributed by atoms with Crippen molar-refractivity contribution in [1.82, 2.24) is 4.98 Å². The van der Waals surface area contributed by atoms with Crippen LogP contribution in [0.4, 0.5) is 10.8 Å². The average molecular weight is 416 g/mol. The van der Waals surface area contributed by atoms with Gasteiger partial charge in [-0.15, -0.1) is 11.3 Å². The molecule has 0 aliphatic rings. The van der Waals surface area contributed by atoms with Crippen molar-refractivity contribution in [2.75, 3.05) is 10.0 Å². The van der Waals surface area contributed by atoms with E-state index in [4.69, 9.17) is 0 Å². The zero-order valence-corrected chi connectivity index (χ0v) is 17.0. The topological polar surface area (TPSA) is 88.2 Å². The Morgan fingerprint density at radius 1 is 1.11 bits per heavy atom. The highest BCUT2D eigenvalue weighted by Crippen LogP contribution is 2.24. The fraction of sp³-hybridized carbons (Fsp3) is 0.200. The first-order valence-corrected chi connectivity index (χ1v) is 11.2. The van der Waals surface area contributed by atoms with Gasteiger partial charge in [0.05, 0.1) is 10.8 Å². The maximum atomic E-state index is 12.7. The zero-order valence-electron chi connectivity index (χ0n) is 15.3. The molecule has 1 amide bonds. The molecule has 0 aliphatic heterocycles. The van der Waals surface area contributed by atoms with Crippen LogP contribution >= 0.6 is 11.3 Å². The number of benzene rings is 2. The van der Waals surface area contributed by atoms with Crippen molar-refractivity contribution in [2.45, 2.75) is 30.6 Å². The van der Waals surface area contributed by atoms with Gasteiger partial charge in [0.2, 0.25) is 5.91 Å². The van der Waals surface area contributed by atoms with E-state index in [9.17, 15) is 13.2 Å². The fourth-order valence-electron chi connectivity index (χ4n) is 2.82. The van der Waals surface area contributed by atoms with Crippen LogP contribution in [0.2, 0.25) is 0 Å². The van der Waals surface area contributed by atoms with Gasteiger partial charge in [0.15, 0.2) is 5.13 Å². The third-order valence-electron chi connectivity index (χ3n) is 4.18. The van der Waals surface area contributed by atoms with Gasteiger partial charge in [-0.25, -0.2) is 13.4 Å². The Morgan fingerprint density at radius 2 is 1.82 bits per heavy atom. The van der Waals surface area contributed by atoms with Crippen LogP contribution < -0.4 is 10.0 Å². The molecule has 6 nitrogen and oxygen atoms in total. The number of thiazole rings is 1. The SMILES string of the molecule is CCC[C@H](C(=O)Nc1ccc(S(=O)(=O)Nc2nccs2)cc1)c1ccccc1. The Kier molecular flexibility index (Phi) is 6.43. The second kappa shape index (κ2) is 8.99. The lowest BCUT2D eigenvalue weighted by molar-refractivity contribution is -0.117. The predicted octanol–water partition coefficient (Wildman–Crippen LogP) is 4.47. The van der Waals surface area contributed by atoms with Crippen molar-refractivity contribution in [3.63, 3.8) is 0 Å².